The lowest BCUT2D eigenvalue weighted by atomic mass is 10.0. The van der Waals surface area contributed by atoms with Crippen molar-refractivity contribution in [1.82, 2.24) is 0 Å². The molecule has 3 heteroatoms. The summed E-state index contributed by atoms with van der Waals surface area (Å²) in [6, 6.07) is 8.76. The number of rotatable bonds is 6. The normalized spacial score (nSPS) is 19.2. The molecule has 1 unspecified atom stereocenters. The maximum Gasteiger partial charge on any atom is 0.0511 e. The lowest BCUT2D eigenvalue weighted by Crippen LogP contribution is -2.24. The van der Waals surface area contributed by atoms with Gasteiger partial charge < -0.3 is 15.0 Å². The molecule has 1 saturated heterocycles. The Kier molecular flexibility index (Phi) is 5.52. The highest BCUT2D eigenvalue weighted by molar-refractivity contribution is 5.55. The third kappa shape index (κ3) is 4.13. The van der Waals surface area contributed by atoms with Gasteiger partial charge in [-0.2, -0.15) is 0 Å². The third-order valence-corrected chi connectivity index (χ3v) is 3.85. The van der Waals surface area contributed by atoms with Gasteiger partial charge in [0.05, 0.1) is 6.61 Å². The van der Waals surface area contributed by atoms with Crippen molar-refractivity contribution in [2.45, 2.75) is 26.7 Å². The first-order valence-electron chi connectivity index (χ1n) is 7.50. The predicted octanol–water partition coefficient (Wildman–Crippen LogP) is 3.37. The first-order chi connectivity index (χ1) is 9.33. The first kappa shape index (κ1) is 14.2. The van der Waals surface area contributed by atoms with Crippen LogP contribution in [0.5, 0.6) is 0 Å². The first-order valence-corrected chi connectivity index (χ1v) is 7.50. The van der Waals surface area contributed by atoms with Gasteiger partial charge in [0, 0.05) is 37.6 Å². The number of ether oxygens (including phenoxy) is 1. The van der Waals surface area contributed by atoms with Crippen molar-refractivity contribution in [3.05, 3.63) is 24.3 Å². The second-order valence-electron chi connectivity index (χ2n) is 5.18. The Morgan fingerprint density at radius 3 is 2.53 bits per heavy atom. The Morgan fingerprint density at radius 2 is 1.95 bits per heavy atom. The van der Waals surface area contributed by atoms with Crippen molar-refractivity contribution >= 4 is 11.4 Å². The molecular weight excluding hydrogens is 236 g/mol. The molecule has 3 nitrogen and oxygen atoms in total. The van der Waals surface area contributed by atoms with Crippen molar-refractivity contribution in [3.8, 4) is 0 Å². The average Bonchev–Trinajstić information content (AvgIpc) is 2.49. The predicted molar refractivity (Wildman–Crippen MR) is 82.0 cm³/mol. The topological polar surface area (TPSA) is 24.5 Å². The number of hydrogen-bond acceptors (Lipinski definition) is 3. The van der Waals surface area contributed by atoms with Crippen LogP contribution in [0, 0.1) is 5.92 Å². The van der Waals surface area contributed by atoms with Crippen LogP contribution in [0.3, 0.4) is 0 Å². The molecule has 0 spiro atoms. The van der Waals surface area contributed by atoms with Gasteiger partial charge in [-0.15, -0.1) is 0 Å². The summed E-state index contributed by atoms with van der Waals surface area (Å²) in [6.07, 6.45) is 2.48. The fourth-order valence-electron chi connectivity index (χ4n) is 2.61. The fraction of sp³-hybridized carbons (Fsp3) is 0.625. The van der Waals surface area contributed by atoms with Gasteiger partial charge in [-0.3, -0.25) is 0 Å². The molecule has 0 aromatic heterocycles. The minimum atomic E-state index is 0.663. The SMILES string of the molecule is CCN(CC)c1ccc(NCC2CCCOC2)cc1. The summed E-state index contributed by atoms with van der Waals surface area (Å²) >= 11 is 0. The molecule has 0 amide bonds. The highest BCUT2D eigenvalue weighted by Gasteiger charge is 2.13. The summed E-state index contributed by atoms with van der Waals surface area (Å²) in [4.78, 5) is 2.36. The Morgan fingerprint density at radius 1 is 1.21 bits per heavy atom. The van der Waals surface area contributed by atoms with Crippen LogP contribution in [0.1, 0.15) is 26.7 Å². The summed E-state index contributed by atoms with van der Waals surface area (Å²) in [7, 11) is 0. The molecule has 2 rings (SSSR count). The second-order valence-corrected chi connectivity index (χ2v) is 5.18. The van der Waals surface area contributed by atoms with Crippen LogP contribution in [0.4, 0.5) is 11.4 Å². The van der Waals surface area contributed by atoms with Crippen LogP contribution >= 0.6 is 0 Å². The molecule has 1 atom stereocenters. The standard InChI is InChI=1S/C16H26N2O/c1-3-18(4-2)16-9-7-15(8-10-16)17-12-14-6-5-11-19-13-14/h7-10,14,17H,3-6,11-13H2,1-2H3. The summed E-state index contributed by atoms with van der Waals surface area (Å²) < 4.78 is 5.50. The van der Waals surface area contributed by atoms with E-state index in [0.717, 1.165) is 32.8 Å². The number of nitrogens with one attached hydrogen (secondary N) is 1. The molecule has 1 aliphatic heterocycles. The minimum absolute atomic E-state index is 0.663. The number of anilines is 2. The van der Waals surface area contributed by atoms with E-state index < -0.39 is 0 Å². The van der Waals surface area contributed by atoms with E-state index in [9.17, 15) is 0 Å². The molecule has 0 bridgehead atoms. The van der Waals surface area contributed by atoms with Crippen LogP contribution in [-0.4, -0.2) is 32.8 Å². The number of benzene rings is 1. The van der Waals surface area contributed by atoms with E-state index in [1.54, 1.807) is 0 Å². The molecule has 106 valence electrons. The summed E-state index contributed by atoms with van der Waals surface area (Å²) in [5, 5.41) is 3.52. The largest absolute Gasteiger partial charge is 0.385 e. The smallest absolute Gasteiger partial charge is 0.0511 e. The minimum Gasteiger partial charge on any atom is -0.385 e. The summed E-state index contributed by atoms with van der Waals surface area (Å²) in [6.45, 7) is 9.37. The van der Waals surface area contributed by atoms with Gasteiger partial charge in [0.1, 0.15) is 0 Å². The zero-order chi connectivity index (χ0) is 13.5. The lowest BCUT2D eigenvalue weighted by Gasteiger charge is -2.23. The molecule has 0 radical (unpaired) electrons. The monoisotopic (exact) mass is 262 g/mol. The van der Waals surface area contributed by atoms with Gasteiger partial charge in [0.25, 0.3) is 0 Å². The Bertz CT molecular complexity index is 354. The molecule has 0 saturated carbocycles. The fourth-order valence-corrected chi connectivity index (χ4v) is 2.61. The zero-order valence-corrected chi connectivity index (χ0v) is 12.2. The third-order valence-electron chi connectivity index (χ3n) is 3.85. The van der Waals surface area contributed by atoms with E-state index >= 15 is 0 Å². The lowest BCUT2D eigenvalue weighted by molar-refractivity contribution is 0.0595. The molecule has 1 fully saturated rings. The molecule has 19 heavy (non-hydrogen) atoms. The quantitative estimate of drug-likeness (QED) is 0.850. The highest BCUT2D eigenvalue weighted by atomic mass is 16.5. The van der Waals surface area contributed by atoms with Crippen LogP contribution in [-0.2, 0) is 4.74 Å². The molecule has 1 N–H and O–H groups in total. The van der Waals surface area contributed by atoms with E-state index in [1.165, 1.54) is 24.2 Å². The van der Waals surface area contributed by atoms with Crippen molar-refractivity contribution in [2.24, 2.45) is 5.92 Å². The van der Waals surface area contributed by atoms with Crippen LogP contribution in [0.15, 0.2) is 24.3 Å². The van der Waals surface area contributed by atoms with Crippen LogP contribution in [0.25, 0.3) is 0 Å². The maximum absolute atomic E-state index is 5.50. The Balaban J connectivity index is 1.84. The van der Waals surface area contributed by atoms with Gasteiger partial charge >= 0.3 is 0 Å². The maximum atomic E-state index is 5.50. The molecule has 1 aromatic carbocycles. The van der Waals surface area contributed by atoms with E-state index in [4.69, 9.17) is 4.74 Å². The van der Waals surface area contributed by atoms with Crippen LogP contribution in [0.2, 0.25) is 0 Å². The van der Waals surface area contributed by atoms with Gasteiger partial charge in [0.15, 0.2) is 0 Å². The van der Waals surface area contributed by atoms with E-state index in [-0.39, 0.29) is 0 Å². The van der Waals surface area contributed by atoms with Crippen molar-refractivity contribution < 1.29 is 4.74 Å². The molecular formula is C16H26N2O. The number of hydrogen-bond donors (Lipinski definition) is 1. The van der Waals surface area contributed by atoms with E-state index in [1.807, 2.05) is 0 Å². The van der Waals surface area contributed by atoms with Gasteiger partial charge in [-0.1, -0.05) is 0 Å². The van der Waals surface area contributed by atoms with Gasteiger partial charge in [-0.05, 0) is 56.9 Å². The van der Waals surface area contributed by atoms with Crippen molar-refractivity contribution in [1.29, 1.82) is 0 Å². The Labute approximate surface area is 116 Å². The van der Waals surface area contributed by atoms with E-state index in [2.05, 4.69) is 48.3 Å². The molecule has 1 heterocycles. The van der Waals surface area contributed by atoms with Crippen LogP contribution < -0.4 is 10.2 Å². The van der Waals surface area contributed by atoms with Crippen molar-refractivity contribution in [3.63, 3.8) is 0 Å². The molecule has 0 aliphatic carbocycles. The summed E-state index contributed by atoms with van der Waals surface area (Å²) in [5.41, 5.74) is 2.51. The van der Waals surface area contributed by atoms with Crippen molar-refractivity contribution in [2.75, 3.05) is 43.1 Å². The van der Waals surface area contributed by atoms with E-state index in [0.29, 0.717) is 5.92 Å². The van der Waals surface area contributed by atoms with Gasteiger partial charge in [0.2, 0.25) is 0 Å². The number of nitrogens with zero attached hydrogens (tertiary/aromatic N) is 1. The Hall–Kier alpha value is -1.22. The molecule has 1 aromatic rings. The second kappa shape index (κ2) is 7.39. The zero-order valence-electron chi connectivity index (χ0n) is 12.2. The average molecular weight is 262 g/mol. The van der Waals surface area contributed by atoms with Gasteiger partial charge in [-0.25, -0.2) is 0 Å². The molecule has 1 aliphatic rings. The summed E-state index contributed by atoms with van der Waals surface area (Å²) in [5.74, 6) is 0.663. The highest BCUT2D eigenvalue weighted by Crippen LogP contribution is 2.19.